The molecule has 16 heavy (non-hydrogen) atoms. The van der Waals surface area contributed by atoms with Crippen LogP contribution >= 0.6 is 31.9 Å². The molecule has 3 nitrogen and oxygen atoms in total. The van der Waals surface area contributed by atoms with Crippen molar-refractivity contribution in [3.8, 4) is 5.75 Å². The van der Waals surface area contributed by atoms with Crippen LogP contribution in [0.3, 0.4) is 0 Å². The first-order valence-electron chi connectivity index (χ1n) is 4.66. The number of ether oxygens (including phenoxy) is 1. The molecular weight excluding hydrogens is 340 g/mol. The Morgan fingerprint density at radius 1 is 1.12 bits per heavy atom. The number of benzene rings is 1. The van der Waals surface area contributed by atoms with Crippen LogP contribution in [0.25, 0.3) is 0 Å². The molecule has 1 aliphatic carbocycles. The summed E-state index contributed by atoms with van der Waals surface area (Å²) >= 11 is 6.52. The van der Waals surface area contributed by atoms with Crippen LogP contribution < -0.4 is 4.74 Å². The number of fused-ring (bicyclic) bond motifs is 1. The van der Waals surface area contributed by atoms with Crippen LogP contribution in [0.2, 0.25) is 0 Å². The summed E-state index contributed by atoms with van der Waals surface area (Å²) in [7, 11) is 1.54. The van der Waals surface area contributed by atoms with Crippen molar-refractivity contribution in [2.75, 3.05) is 7.11 Å². The first-order chi connectivity index (χ1) is 7.57. The number of halogens is 2. The fraction of sp³-hybridized carbons (Fsp3) is 0.273. The van der Waals surface area contributed by atoms with Gasteiger partial charge in [-0.25, -0.2) is 0 Å². The minimum Gasteiger partial charge on any atom is -0.496 e. The molecule has 0 saturated carbocycles. The summed E-state index contributed by atoms with van der Waals surface area (Å²) in [5.74, 6) is 0.570. The molecule has 0 radical (unpaired) electrons. The average Bonchev–Trinajstić information content (AvgIpc) is 2.32. The molecule has 1 aromatic rings. The number of aliphatic hydroxyl groups excluding tert-OH is 2. The maximum absolute atomic E-state index is 10.1. The molecule has 2 rings (SSSR count). The van der Waals surface area contributed by atoms with Crippen molar-refractivity contribution >= 4 is 31.9 Å². The summed E-state index contributed by atoms with van der Waals surface area (Å²) in [4.78, 5) is 0. The van der Waals surface area contributed by atoms with Crippen LogP contribution in [0.5, 0.6) is 5.75 Å². The normalized spacial score (nSPS) is 24.3. The van der Waals surface area contributed by atoms with Crippen molar-refractivity contribution in [3.63, 3.8) is 0 Å². The monoisotopic (exact) mass is 348 g/mol. The number of hydrogen-bond donors (Lipinski definition) is 2. The Balaban J connectivity index is 2.66. The first kappa shape index (κ1) is 12.1. The van der Waals surface area contributed by atoms with E-state index in [0.29, 0.717) is 25.8 Å². The Hall–Kier alpha value is -0.360. The molecule has 1 aromatic carbocycles. The standard InChI is InChI=1S/C11H10Br2O3/c1-16-6-4-2-3-5-7(6)11(15)9(13)8(12)10(5)14/h2-4,10-11,14-15H,1H3. The Bertz CT molecular complexity index is 457. The van der Waals surface area contributed by atoms with Crippen LogP contribution in [-0.4, -0.2) is 17.3 Å². The van der Waals surface area contributed by atoms with E-state index in [9.17, 15) is 10.2 Å². The summed E-state index contributed by atoms with van der Waals surface area (Å²) in [6, 6.07) is 5.31. The Morgan fingerprint density at radius 3 is 2.38 bits per heavy atom. The third kappa shape index (κ3) is 1.72. The van der Waals surface area contributed by atoms with E-state index in [4.69, 9.17) is 4.74 Å². The highest BCUT2D eigenvalue weighted by Gasteiger charge is 2.32. The fourth-order valence-electron chi connectivity index (χ4n) is 1.79. The molecular formula is C11H10Br2O3. The van der Waals surface area contributed by atoms with Gasteiger partial charge in [-0.2, -0.15) is 0 Å². The lowest BCUT2D eigenvalue weighted by atomic mass is 9.92. The topological polar surface area (TPSA) is 49.7 Å². The number of rotatable bonds is 1. The molecule has 1 aliphatic rings. The lowest BCUT2D eigenvalue weighted by Gasteiger charge is -2.27. The van der Waals surface area contributed by atoms with Gasteiger partial charge in [0.15, 0.2) is 0 Å². The van der Waals surface area contributed by atoms with Gasteiger partial charge in [-0.15, -0.1) is 0 Å². The van der Waals surface area contributed by atoms with Gasteiger partial charge < -0.3 is 14.9 Å². The number of hydrogen-bond acceptors (Lipinski definition) is 3. The third-order valence-corrected chi connectivity index (χ3v) is 4.85. The lowest BCUT2D eigenvalue weighted by molar-refractivity contribution is 0.180. The van der Waals surface area contributed by atoms with Crippen LogP contribution in [0, 0.1) is 0 Å². The second kappa shape index (κ2) is 4.49. The second-order valence-corrected chi connectivity index (χ2v) is 5.17. The van der Waals surface area contributed by atoms with Gasteiger partial charge in [-0.3, -0.25) is 0 Å². The SMILES string of the molecule is COc1cccc2c1C(O)C(Br)=C(Br)C2O. The molecule has 2 unspecified atom stereocenters. The first-order valence-corrected chi connectivity index (χ1v) is 6.24. The van der Waals surface area contributed by atoms with Crippen molar-refractivity contribution in [2.24, 2.45) is 0 Å². The number of methoxy groups -OCH3 is 1. The maximum Gasteiger partial charge on any atom is 0.125 e. The average molecular weight is 350 g/mol. The van der Waals surface area contributed by atoms with Crippen LogP contribution in [-0.2, 0) is 0 Å². The molecule has 2 atom stereocenters. The van der Waals surface area contributed by atoms with Gasteiger partial charge in [-0.1, -0.05) is 44.0 Å². The molecule has 0 bridgehead atoms. The smallest absolute Gasteiger partial charge is 0.125 e. The van der Waals surface area contributed by atoms with E-state index in [-0.39, 0.29) is 0 Å². The lowest BCUT2D eigenvalue weighted by Crippen LogP contribution is -2.15. The Morgan fingerprint density at radius 2 is 1.75 bits per heavy atom. The second-order valence-electron chi connectivity index (χ2n) is 3.46. The van der Waals surface area contributed by atoms with E-state index >= 15 is 0 Å². The molecule has 0 spiro atoms. The predicted octanol–water partition coefficient (Wildman–Crippen LogP) is 2.78. The van der Waals surface area contributed by atoms with Gasteiger partial charge in [0.05, 0.1) is 7.11 Å². The number of aliphatic hydroxyl groups is 2. The predicted molar refractivity (Wildman–Crippen MR) is 67.8 cm³/mol. The summed E-state index contributed by atoms with van der Waals surface area (Å²) < 4.78 is 6.25. The molecule has 0 amide bonds. The molecule has 2 N–H and O–H groups in total. The van der Waals surface area contributed by atoms with E-state index in [1.165, 1.54) is 7.11 Å². The molecule has 0 aliphatic heterocycles. The van der Waals surface area contributed by atoms with Crippen molar-refractivity contribution in [3.05, 3.63) is 38.3 Å². The van der Waals surface area contributed by atoms with Gasteiger partial charge >= 0.3 is 0 Å². The van der Waals surface area contributed by atoms with Crippen molar-refractivity contribution in [1.82, 2.24) is 0 Å². The van der Waals surface area contributed by atoms with Crippen molar-refractivity contribution in [2.45, 2.75) is 12.2 Å². The van der Waals surface area contributed by atoms with Gasteiger partial charge in [0.25, 0.3) is 0 Å². The van der Waals surface area contributed by atoms with E-state index in [1.807, 2.05) is 0 Å². The zero-order valence-electron chi connectivity index (χ0n) is 8.45. The molecule has 0 fully saturated rings. The van der Waals surface area contributed by atoms with Crippen LogP contribution in [0.4, 0.5) is 0 Å². The maximum atomic E-state index is 10.1. The quantitative estimate of drug-likeness (QED) is 0.819. The van der Waals surface area contributed by atoms with Crippen molar-refractivity contribution in [1.29, 1.82) is 0 Å². The highest BCUT2D eigenvalue weighted by Crippen LogP contribution is 2.48. The summed E-state index contributed by atoms with van der Waals surface area (Å²) in [5.41, 5.74) is 1.26. The zero-order chi connectivity index (χ0) is 11.9. The molecule has 0 saturated heterocycles. The van der Waals surface area contributed by atoms with Gasteiger partial charge in [-0.05, 0) is 11.6 Å². The van der Waals surface area contributed by atoms with Crippen molar-refractivity contribution < 1.29 is 14.9 Å². The zero-order valence-corrected chi connectivity index (χ0v) is 11.6. The highest BCUT2D eigenvalue weighted by atomic mass is 79.9. The fourth-order valence-corrected chi connectivity index (χ4v) is 2.70. The van der Waals surface area contributed by atoms with Gasteiger partial charge in [0.2, 0.25) is 0 Å². The van der Waals surface area contributed by atoms with Crippen LogP contribution in [0.1, 0.15) is 23.3 Å². The molecule has 0 aromatic heterocycles. The molecule has 0 heterocycles. The van der Waals surface area contributed by atoms with E-state index in [2.05, 4.69) is 31.9 Å². The molecule has 5 heteroatoms. The Labute approximate surface area is 110 Å². The Kier molecular flexibility index (Phi) is 3.39. The minimum absolute atomic E-state index is 0.525. The van der Waals surface area contributed by atoms with Gasteiger partial charge in [0.1, 0.15) is 18.0 Å². The molecule has 86 valence electrons. The van der Waals surface area contributed by atoms with E-state index in [0.717, 1.165) is 0 Å². The summed E-state index contributed by atoms with van der Waals surface area (Å²) in [6.45, 7) is 0. The third-order valence-electron chi connectivity index (χ3n) is 2.60. The summed E-state index contributed by atoms with van der Waals surface area (Å²) in [5, 5.41) is 20.1. The largest absolute Gasteiger partial charge is 0.496 e. The van der Waals surface area contributed by atoms with Crippen LogP contribution in [0.15, 0.2) is 27.2 Å². The summed E-state index contributed by atoms with van der Waals surface area (Å²) in [6.07, 6.45) is -1.59. The highest BCUT2D eigenvalue weighted by molar-refractivity contribution is 9.14. The van der Waals surface area contributed by atoms with E-state index < -0.39 is 12.2 Å². The minimum atomic E-state index is -0.816. The van der Waals surface area contributed by atoms with E-state index in [1.54, 1.807) is 18.2 Å². The van der Waals surface area contributed by atoms with Gasteiger partial charge in [0, 0.05) is 14.5 Å².